The van der Waals surface area contributed by atoms with E-state index in [0.717, 1.165) is 31.7 Å². The number of hydrogen-bond acceptors (Lipinski definition) is 5. The second-order valence-corrected chi connectivity index (χ2v) is 10.9. The molecule has 1 heterocycles. The molecule has 4 N–H and O–H groups in total. The van der Waals surface area contributed by atoms with Crippen molar-refractivity contribution in [2.45, 2.75) is 82.7 Å². The maximum absolute atomic E-state index is 14.0. The number of halogens is 3. The maximum Gasteiger partial charge on any atom is 0.434 e. The first kappa shape index (κ1) is 26.0. The highest BCUT2D eigenvalue weighted by molar-refractivity contribution is 5.95. The molecule has 0 radical (unpaired) electrons. The standard InChI is InChI=1S/C24H32F3N5O4/c1-4-17(33)31-22(2,3)5-6-32-19(24(25,26)27)16(12-29-32)20(34)30-18-14-7-13-8-15(18)11-23(9-13,10-14)36-21(28)35/h5-6,12-15,18H,4,7-11H2,1-3H3,(H2,28,35)(H,30,34)(H,31,33)/b6-5+. The van der Waals surface area contributed by atoms with Crippen LogP contribution in [0.2, 0.25) is 0 Å². The molecule has 5 rings (SSSR count). The molecule has 198 valence electrons. The average Bonchev–Trinajstić information content (AvgIpc) is 3.18. The highest BCUT2D eigenvalue weighted by Gasteiger charge is 2.57. The normalized spacial score (nSPS) is 29.4. The smallest absolute Gasteiger partial charge is 0.434 e. The van der Waals surface area contributed by atoms with Crippen molar-refractivity contribution in [3.8, 4) is 0 Å². The fourth-order valence-electron chi connectivity index (χ4n) is 6.42. The van der Waals surface area contributed by atoms with E-state index in [0.29, 0.717) is 23.4 Å². The molecule has 1 aromatic heterocycles. The fraction of sp³-hybridized carbons (Fsp3) is 0.667. The highest BCUT2D eigenvalue weighted by Crippen LogP contribution is 2.57. The molecule has 36 heavy (non-hydrogen) atoms. The van der Waals surface area contributed by atoms with Crippen LogP contribution in [0.5, 0.6) is 0 Å². The van der Waals surface area contributed by atoms with Gasteiger partial charge in [-0.05, 0) is 69.8 Å². The predicted molar refractivity (Wildman–Crippen MR) is 123 cm³/mol. The van der Waals surface area contributed by atoms with Crippen molar-refractivity contribution in [3.63, 3.8) is 0 Å². The minimum absolute atomic E-state index is 0.00759. The van der Waals surface area contributed by atoms with Crippen LogP contribution < -0.4 is 16.4 Å². The lowest BCUT2D eigenvalue weighted by Gasteiger charge is -2.58. The minimum Gasteiger partial charge on any atom is -0.443 e. The van der Waals surface area contributed by atoms with Crippen molar-refractivity contribution < 1.29 is 32.3 Å². The van der Waals surface area contributed by atoms with Gasteiger partial charge in [-0.3, -0.25) is 9.59 Å². The molecule has 12 heteroatoms. The number of ether oxygens (including phenoxy) is 1. The summed E-state index contributed by atoms with van der Waals surface area (Å²) in [6.45, 7) is 4.95. The molecule has 0 saturated heterocycles. The molecule has 2 unspecified atom stereocenters. The van der Waals surface area contributed by atoms with Crippen LogP contribution in [0.25, 0.3) is 6.20 Å². The SMILES string of the molecule is CCC(=O)NC(C)(C)/C=C/n1ncc(C(=O)NC2C3CC4CC2CC(OC(N)=O)(C4)C3)c1C(F)(F)F. The van der Waals surface area contributed by atoms with Crippen molar-refractivity contribution in [2.24, 2.45) is 23.5 Å². The van der Waals surface area contributed by atoms with E-state index in [2.05, 4.69) is 15.7 Å². The van der Waals surface area contributed by atoms with Gasteiger partial charge in [-0.15, -0.1) is 0 Å². The van der Waals surface area contributed by atoms with Crippen molar-refractivity contribution in [1.29, 1.82) is 0 Å². The summed E-state index contributed by atoms with van der Waals surface area (Å²) >= 11 is 0. The second-order valence-electron chi connectivity index (χ2n) is 10.9. The van der Waals surface area contributed by atoms with E-state index in [4.69, 9.17) is 10.5 Å². The molecule has 0 aliphatic heterocycles. The van der Waals surface area contributed by atoms with Crippen LogP contribution in [-0.4, -0.2) is 44.9 Å². The lowest BCUT2D eigenvalue weighted by Crippen LogP contribution is -2.63. The van der Waals surface area contributed by atoms with Gasteiger partial charge < -0.3 is 21.1 Å². The Morgan fingerprint density at radius 3 is 2.42 bits per heavy atom. The Hall–Kier alpha value is -3.05. The number of hydrogen-bond donors (Lipinski definition) is 3. The summed E-state index contributed by atoms with van der Waals surface area (Å²) in [6, 6.07) is -0.318. The van der Waals surface area contributed by atoms with E-state index < -0.39 is 40.6 Å². The molecule has 4 fully saturated rings. The molecular formula is C24H32F3N5O4. The van der Waals surface area contributed by atoms with E-state index in [1.165, 1.54) is 6.08 Å². The molecular weight excluding hydrogens is 479 g/mol. The average molecular weight is 512 g/mol. The number of aromatic nitrogens is 2. The Morgan fingerprint density at radius 1 is 1.22 bits per heavy atom. The Morgan fingerprint density at radius 2 is 1.86 bits per heavy atom. The summed E-state index contributed by atoms with van der Waals surface area (Å²) in [4.78, 5) is 36.2. The monoisotopic (exact) mass is 511 g/mol. The molecule has 4 bridgehead atoms. The molecule has 1 aromatic rings. The number of rotatable bonds is 7. The van der Waals surface area contributed by atoms with Gasteiger partial charge in [0.25, 0.3) is 5.91 Å². The van der Waals surface area contributed by atoms with Gasteiger partial charge in [0.05, 0.1) is 17.3 Å². The minimum atomic E-state index is -4.84. The predicted octanol–water partition coefficient (Wildman–Crippen LogP) is 3.45. The highest BCUT2D eigenvalue weighted by atomic mass is 19.4. The summed E-state index contributed by atoms with van der Waals surface area (Å²) < 4.78 is 48.1. The molecule has 9 nitrogen and oxygen atoms in total. The van der Waals surface area contributed by atoms with Gasteiger partial charge in [0, 0.05) is 18.7 Å². The van der Waals surface area contributed by atoms with Crippen LogP contribution >= 0.6 is 0 Å². The van der Waals surface area contributed by atoms with Gasteiger partial charge >= 0.3 is 12.3 Å². The van der Waals surface area contributed by atoms with Crippen LogP contribution in [0.1, 0.15) is 75.3 Å². The van der Waals surface area contributed by atoms with Crippen molar-refractivity contribution in [3.05, 3.63) is 23.5 Å². The zero-order valence-electron chi connectivity index (χ0n) is 20.5. The van der Waals surface area contributed by atoms with Crippen molar-refractivity contribution in [1.82, 2.24) is 20.4 Å². The zero-order valence-corrected chi connectivity index (χ0v) is 20.5. The molecule has 0 spiro atoms. The number of nitrogens with one attached hydrogen (secondary N) is 2. The molecule has 4 saturated carbocycles. The van der Waals surface area contributed by atoms with Crippen molar-refractivity contribution >= 4 is 24.1 Å². The summed E-state index contributed by atoms with van der Waals surface area (Å²) in [5.74, 6) is -0.772. The molecule has 0 aromatic carbocycles. The number of carbonyl (C=O) groups excluding carboxylic acids is 3. The summed E-state index contributed by atoms with van der Waals surface area (Å²) in [7, 11) is 0. The van der Waals surface area contributed by atoms with Crippen LogP contribution in [0.15, 0.2) is 12.3 Å². The van der Waals surface area contributed by atoms with E-state index in [1.54, 1.807) is 20.8 Å². The molecule has 4 aliphatic rings. The first-order valence-corrected chi connectivity index (χ1v) is 12.2. The topological polar surface area (TPSA) is 128 Å². The molecule has 4 aliphatic carbocycles. The Balaban J connectivity index is 1.54. The van der Waals surface area contributed by atoms with Crippen LogP contribution in [-0.2, 0) is 15.7 Å². The number of carbonyl (C=O) groups is 3. The molecule has 2 atom stereocenters. The quantitative estimate of drug-likeness (QED) is 0.517. The molecule has 3 amide bonds. The third-order valence-electron chi connectivity index (χ3n) is 7.56. The van der Waals surface area contributed by atoms with Gasteiger partial charge in [-0.25, -0.2) is 9.48 Å². The number of primary amides is 1. The van der Waals surface area contributed by atoms with Crippen LogP contribution in [0, 0.1) is 17.8 Å². The van der Waals surface area contributed by atoms with Gasteiger partial charge in [-0.1, -0.05) is 6.92 Å². The Kier molecular flexibility index (Phi) is 6.59. The van der Waals surface area contributed by atoms with Gasteiger partial charge in [0.1, 0.15) is 5.60 Å². The van der Waals surface area contributed by atoms with E-state index in [1.807, 2.05) is 0 Å². The summed E-state index contributed by atoms with van der Waals surface area (Å²) in [5, 5.41) is 9.33. The lowest BCUT2D eigenvalue weighted by molar-refractivity contribution is -0.143. The third-order valence-corrected chi connectivity index (χ3v) is 7.56. The van der Waals surface area contributed by atoms with Gasteiger partial charge in [0.2, 0.25) is 5.91 Å². The summed E-state index contributed by atoms with van der Waals surface area (Å²) in [5.41, 5.74) is 1.95. The van der Waals surface area contributed by atoms with Crippen molar-refractivity contribution in [2.75, 3.05) is 0 Å². The van der Waals surface area contributed by atoms with Crippen LogP contribution in [0.4, 0.5) is 18.0 Å². The first-order valence-electron chi connectivity index (χ1n) is 12.2. The van der Waals surface area contributed by atoms with Crippen LogP contribution in [0.3, 0.4) is 0 Å². The summed E-state index contributed by atoms with van der Waals surface area (Å²) in [6.07, 6.45) is 1.39. The van der Waals surface area contributed by atoms with E-state index >= 15 is 0 Å². The number of nitrogens with zero attached hydrogens (tertiary/aromatic N) is 2. The lowest BCUT2D eigenvalue weighted by atomic mass is 9.52. The number of alkyl halides is 3. The van der Waals surface area contributed by atoms with Gasteiger partial charge in [-0.2, -0.15) is 18.3 Å². The fourth-order valence-corrected chi connectivity index (χ4v) is 6.42. The number of amides is 3. The Bertz CT molecular complexity index is 1060. The van der Waals surface area contributed by atoms with E-state index in [-0.39, 0.29) is 30.2 Å². The van der Waals surface area contributed by atoms with Gasteiger partial charge in [0.15, 0.2) is 5.69 Å². The zero-order chi connectivity index (χ0) is 26.5. The maximum atomic E-state index is 14.0. The largest absolute Gasteiger partial charge is 0.443 e. The number of nitrogens with two attached hydrogens (primary N) is 1. The first-order chi connectivity index (χ1) is 16.7. The Labute approximate surface area is 207 Å². The third kappa shape index (κ3) is 5.22. The van der Waals surface area contributed by atoms with E-state index in [9.17, 15) is 27.6 Å². The second kappa shape index (κ2) is 9.11.